The minimum Gasteiger partial charge on any atom is -0.481 e. The Balaban J connectivity index is 2.68. The number of halogens is 3. The van der Waals surface area contributed by atoms with Gasteiger partial charge in [-0.1, -0.05) is 0 Å². The van der Waals surface area contributed by atoms with Gasteiger partial charge in [-0.25, -0.2) is 0 Å². The van der Waals surface area contributed by atoms with Crippen LogP contribution in [0.25, 0.3) is 0 Å². The zero-order chi connectivity index (χ0) is 11.7. The van der Waals surface area contributed by atoms with Gasteiger partial charge in [0.2, 0.25) is 0 Å². The van der Waals surface area contributed by atoms with Crippen molar-refractivity contribution in [2.45, 2.75) is 31.9 Å². The molecule has 1 fully saturated rings. The first-order chi connectivity index (χ1) is 6.82. The zero-order valence-corrected chi connectivity index (χ0v) is 8.18. The van der Waals surface area contributed by atoms with E-state index in [0.29, 0.717) is 12.8 Å². The topological polar surface area (TPSA) is 63.3 Å². The second-order valence-electron chi connectivity index (χ2n) is 4.05. The summed E-state index contributed by atoms with van der Waals surface area (Å²) in [6.07, 6.45) is -4.46. The van der Waals surface area contributed by atoms with E-state index in [-0.39, 0.29) is 12.5 Å². The highest BCUT2D eigenvalue weighted by Gasteiger charge is 2.51. The van der Waals surface area contributed by atoms with Crippen LogP contribution in [0, 0.1) is 11.3 Å². The van der Waals surface area contributed by atoms with Crippen LogP contribution in [0.15, 0.2) is 0 Å². The fourth-order valence-electron chi connectivity index (χ4n) is 1.84. The maximum Gasteiger partial charge on any atom is 0.389 e. The summed E-state index contributed by atoms with van der Waals surface area (Å²) in [7, 11) is 0. The van der Waals surface area contributed by atoms with Crippen LogP contribution in [0.5, 0.6) is 0 Å². The molecule has 15 heavy (non-hydrogen) atoms. The zero-order valence-electron chi connectivity index (χ0n) is 8.18. The van der Waals surface area contributed by atoms with Crippen molar-refractivity contribution in [3.8, 4) is 0 Å². The molecule has 0 bridgehead atoms. The van der Waals surface area contributed by atoms with E-state index in [1.54, 1.807) is 0 Å². The molecule has 3 nitrogen and oxygen atoms in total. The summed E-state index contributed by atoms with van der Waals surface area (Å²) >= 11 is 0. The maximum atomic E-state index is 12.0. The van der Waals surface area contributed by atoms with Crippen molar-refractivity contribution in [2.24, 2.45) is 17.1 Å². The average molecular weight is 225 g/mol. The van der Waals surface area contributed by atoms with Crippen LogP contribution < -0.4 is 5.73 Å². The van der Waals surface area contributed by atoms with E-state index >= 15 is 0 Å². The number of carbonyl (C=O) groups is 1. The van der Waals surface area contributed by atoms with Gasteiger partial charge < -0.3 is 10.8 Å². The minimum atomic E-state index is -4.31. The van der Waals surface area contributed by atoms with Crippen molar-refractivity contribution in [3.63, 3.8) is 0 Å². The molecule has 0 radical (unpaired) electrons. The molecule has 0 aromatic rings. The lowest BCUT2D eigenvalue weighted by Gasteiger charge is -2.28. The molecule has 88 valence electrons. The third-order valence-corrected chi connectivity index (χ3v) is 3.00. The number of alkyl halides is 3. The molecule has 0 spiro atoms. The Morgan fingerprint density at radius 3 is 2.13 bits per heavy atom. The molecular formula is C9H14F3NO2. The highest BCUT2D eigenvalue weighted by atomic mass is 19.4. The highest BCUT2D eigenvalue weighted by Crippen LogP contribution is 2.49. The van der Waals surface area contributed by atoms with Crippen LogP contribution in [0.4, 0.5) is 13.2 Å². The van der Waals surface area contributed by atoms with Gasteiger partial charge in [0.25, 0.3) is 0 Å². The quantitative estimate of drug-likeness (QED) is 0.749. The maximum absolute atomic E-state index is 12.0. The van der Waals surface area contributed by atoms with Crippen molar-refractivity contribution >= 4 is 5.97 Å². The van der Waals surface area contributed by atoms with Crippen molar-refractivity contribution in [2.75, 3.05) is 6.54 Å². The molecule has 1 saturated carbocycles. The standard InChI is InChI=1S/C9H14F3NO2/c10-9(11,12)4-3-8(5-13,7(14)15)6-1-2-6/h6H,1-5,13H2,(H,14,15). The van der Waals surface area contributed by atoms with Gasteiger partial charge in [-0.2, -0.15) is 13.2 Å². The first-order valence-electron chi connectivity index (χ1n) is 4.82. The van der Waals surface area contributed by atoms with Crippen molar-refractivity contribution in [3.05, 3.63) is 0 Å². The van der Waals surface area contributed by atoms with E-state index < -0.39 is 30.4 Å². The van der Waals surface area contributed by atoms with E-state index in [2.05, 4.69) is 0 Å². The number of aliphatic carboxylic acids is 1. The van der Waals surface area contributed by atoms with Crippen molar-refractivity contribution in [1.29, 1.82) is 0 Å². The number of carboxylic acids is 1. The fourth-order valence-corrected chi connectivity index (χ4v) is 1.84. The lowest BCUT2D eigenvalue weighted by molar-refractivity contribution is -0.159. The number of carboxylic acid groups (broad SMARTS) is 1. The first kappa shape index (κ1) is 12.3. The van der Waals surface area contributed by atoms with Crippen LogP contribution in [0.1, 0.15) is 25.7 Å². The lowest BCUT2D eigenvalue weighted by Crippen LogP contribution is -2.41. The molecule has 1 unspecified atom stereocenters. The molecule has 1 rings (SSSR count). The summed E-state index contributed by atoms with van der Waals surface area (Å²) in [5.74, 6) is -1.38. The molecular weight excluding hydrogens is 211 g/mol. The Labute approximate surface area is 85.4 Å². The average Bonchev–Trinajstić information content (AvgIpc) is 2.87. The Kier molecular flexibility index (Phi) is 3.28. The van der Waals surface area contributed by atoms with E-state index in [1.807, 2.05) is 0 Å². The smallest absolute Gasteiger partial charge is 0.389 e. The fraction of sp³-hybridized carbons (Fsp3) is 0.889. The SMILES string of the molecule is NCC(CCC(F)(F)F)(C(=O)O)C1CC1. The van der Waals surface area contributed by atoms with Gasteiger partial charge in [-0.05, 0) is 25.2 Å². The lowest BCUT2D eigenvalue weighted by atomic mass is 9.78. The van der Waals surface area contributed by atoms with Crippen LogP contribution in [-0.2, 0) is 4.79 Å². The monoisotopic (exact) mass is 225 g/mol. The Morgan fingerprint density at radius 2 is 1.87 bits per heavy atom. The van der Waals surface area contributed by atoms with Gasteiger partial charge in [0, 0.05) is 13.0 Å². The van der Waals surface area contributed by atoms with Gasteiger partial charge >= 0.3 is 12.1 Å². The normalized spacial score (nSPS) is 21.1. The Bertz CT molecular complexity index is 250. The molecule has 1 atom stereocenters. The van der Waals surface area contributed by atoms with Crippen molar-refractivity contribution in [1.82, 2.24) is 0 Å². The molecule has 3 N–H and O–H groups in total. The molecule has 0 aromatic heterocycles. The largest absolute Gasteiger partial charge is 0.481 e. The summed E-state index contributed by atoms with van der Waals surface area (Å²) in [5, 5.41) is 8.98. The van der Waals surface area contributed by atoms with Crippen molar-refractivity contribution < 1.29 is 23.1 Å². The Morgan fingerprint density at radius 1 is 1.33 bits per heavy atom. The third kappa shape index (κ3) is 2.84. The second-order valence-corrected chi connectivity index (χ2v) is 4.05. The summed E-state index contributed by atoms with van der Waals surface area (Å²) < 4.78 is 36.1. The molecule has 0 heterocycles. The second kappa shape index (κ2) is 4.00. The first-order valence-corrected chi connectivity index (χ1v) is 4.82. The van der Waals surface area contributed by atoms with E-state index in [0.717, 1.165) is 0 Å². The van der Waals surface area contributed by atoms with E-state index in [9.17, 15) is 18.0 Å². The summed E-state index contributed by atoms with van der Waals surface area (Å²) in [6.45, 7) is -0.219. The van der Waals surface area contributed by atoms with Crippen LogP contribution in [0.2, 0.25) is 0 Å². The highest BCUT2D eigenvalue weighted by molar-refractivity contribution is 5.75. The number of nitrogens with two attached hydrogens (primary N) is 1. The molecule has 0 saturated heterocycles. The molecule has 1 aliphatic carbocycles. The van der Waals surface area contributed by atoms with Gasteiger partial charge in [-0.15, -0.1) is 0 Å². The van der Waals surface area contributed by atoms with Gasteiger partial charge in [-0.3, -0.25) is 4.79 Å². The molecule has 0 aromatic carbocycles. The van der Waals surface area contributed by atoms with Crippen LogP contribution in [-0.4, -0.2) is 23.8 Å². The predicted molar refractivity (Wildman–Crippen MR) is 47.1 cm³/mol. The molecule has 0 aliphatic heterocycles. The Hall–Kier alpha value is -0.780. The van der Waals surface area contributed by atoms with Crippen LogP contribution >= 0.6 is 0 Å². The summed E-state index contributed by atoms with van der Waals surface area (Å²) in [5.41, 5.74) is 3.97. The molecule has 0 amide bonds. The van der Waals surface area contributed by atoms with Gasteiger partial charge in [0.1, 0.15) is 0 Å². The summed E-state index contributed by atoms with van der Waals surface area (Å²) in [4.78, 5) is 11.0. The number of hydrogen-bond acceptors (Lipinski definition) is 2. The van der Waals surface area contributed by atoms with Gasteiger partial charge in [0.05, 0.1) is 5.41 Å². The number of rotatable bonds is 5. The molecule has 1 aliphatic rings. The van der Waals surface area contributed by atoms with E-state index in [4.69, 9.17) is 10.8 Å². The third-order valence-electron chi connectivity index (χ3n) is 3.00. The van der Waals surface area contributed by atoms with E-state index in [1.165, 1.54) is 0 Å². The summed E-state index contributed by atoms with van der Waals surface area (Å²) in [6, 6.07) is 0. The molecule has 6 heteroatoms. The minimum absolute atomic E-state index is 0.178. The number of hydrogen-bond donors (Lipinski definition) is 2. The predicted octanol–water partition coefficient (Wildman–Crippen LogP) is 1.77. The van der Waals surface area contributed by atoms with Crippen LogP contribution in [0.3, 0.4) is 0 Å². The van der Waals surface area contributed by atoms with Gasteiger partial charge in [0.15, 0.2) is 0 Å².